The van der Waals surface area contributed by atoms with Gasteiger partial charge in [0.2, 0.25) is 10.0 Å². The smallest absolute Gasteiger partial charge is 0.243 e. The number of nitrogens with one attached hydrogen (secondary N) is 1. The average Bonchev–Trinajstić information content (AvgIpc) is 2.44. The quantitative estimate of drug-likeness (QED) is 0.896. The number of rotatable bonds is 5. The van der Waals surface area contributed by atoms with Gasteiger partial charge in [-0.05, 0) is 26.3 Å². The number of hydrogen-bond donors (Lipinski definition) is 1. The van der Waals surface area contributed by atoms with Gasteiger partial charge in [0.1, 0.15) is 5.82 Å². The van der Waals surface area contributed by atoms with Crippen molar-refractivity contribution in [3.05, 3.63) is 18.3 Å². The van der Waals surface area contributed by atoms with Gasteiger partial charge in [-0.25, -0.2) is 13.4 Å². The van der Waals surface area contributed by atoms with E-state index in [1.54, 1.807) is 6.07 Å². The first kappa shape index (κ1) is 16.2. The minimum absolute atomic E-state index is 0.0944. The number of sulfonamides is 1. The zero-order chi connectivity index (χ0) is 15.5. The van der Waals surface area contributed by atoms with Crippen LogP contribution in [0.1, 0.15) is 27.2 Å². The molecule has 0 bridgehead atoms. The largest absolute Gasteiger partial charge is 0.373 e. The van der Waals surface area contributed by atoms with Crippen molar-refractivity contribution in [2.45, 2.75) is 44.3 Å². The Morgan fingerprint density at radius 1 is 1.38 bits per heavy atom. The molecule has 1 aromatic heterocycles. The van der Waals surface area contributed by atoms with Crippen LogP contribution in [-0.4, -0.2) is 49.5 Å². The highest BCUT2D eigenvalue weighted by molar-refractivity contribution is 7.89. The lowest BCUT2D eigenvalue weighted by atomic mass is 10.3. The van der Waals surface area contributed by atoms with Gasteiger partial charge in [-0.15, -0.1) is 0 Å². The fourth-order valence-electron chi connectivity index (χ4n) is 2.40. The van der Waals surface area contributed by atoms with Crippen LogP contribution in [0.15, 0.2) is 23.2 Å². The SMILES string of the molecule is CCCNc1cc(S(=O)(=O)N2C[C@@H](C)O[C@@H](C)C2)ccn1. The third-order valence-corrected chi connectivity index (χ3v) is 5.14. The standard InChI is InChI=1S/C14H23N3O3S/c1-4-6-15-14-8-13(5-7-16-14)21(18,19)17-9-11(2)20-12(3)10-17/h5,7-8,11-12H,4,6,9-10H2,1-3H3,(H,15,16)/t11-,12+. The van der Waals surface area contributed by atoms with Crippen molar-refractivity contribution in [3.63, 3.8) is 0 Å². The van der Waals surface area contributed by atoms with Gasteiger partial charge in [0.05, 0.1) is 17.1 Å². The van der Waals surface area contributed by atoms with Crippen LogP contribution in [-0.2, 0) is 14.8 Å². The van der Waals surface area contributed by atoms with Crippen molar-refractivity contribution in [3.8, 4) is 0 Å². The number of anilines is 1. The van der Waals surface area contributed by atoms with E-state index in [2.05, 4.69) is 10.3 Å². The highest BCUT2D eigenvalue weighted by Crippen LogP contribution is 2.22. The summed E-state index contributed by atoms with van der Waals surface area (Å²) in [4.78, 5) is 4.42. The predicted molar refractivity (Wildman–Crippen MR) is 81.8 cm³/mol. The van der Waals surface area contributed by atoms with Gasteiger partial charge in [-0.3, -0.25) is 0 Å². The van der Waals surface area contributed by atoms with Crippen LogP contribution in [0, 0.1) is 0 Å². The second kappa shape index (κ2) is 6.72. The number of aromatic nitrogens is 1. The molecule has 1 saturated heterocycles. The number of morpholine rings is 1. The summed E-state index contributed by atoms with van der Waals surface area (Å²) in [5.41, 5.74) is 0. The van der Waals surface area contributed by atoms with E-state index in [0.29, 0.717) is 18.9 Å². The molecule has 1 fully saturated rings. The van der Waals surface area contributed by atoms with E-state index >= 15 is 0 Å². The zero-order valence-corrected chi connectivity index (χ0v) is 13.6. The summed E-state index contributed by atoms with van der Waals surface area (Å²) in [5.74, 6) is 0.590. The normalized spacial score (nSPS) is 24.0. The summed E-state index contributed by atoms with van der Waals surface area (Å²) in [6.45, 7) is 7.35. The van der Waals surface area contributed by atoms with E-state index in [9.17, 15) is 8.42 Å². The lowest BCUT2D eigenvalue weighted by Gasteiger charge is -2.34. The molecule has 21 heavy (non-hydrogen) atoms. The molecule has 2 atom stereocenters. The first-order valence-corrected chi connectivity index (χ1v) is 8.73. The summed E-state index contributed by atoms with van der Waals surface area (Å²) in [6, 6.07) is 3.13. The van der Waals surface area contributed by atoms with Crippen molar-refractivity contribution in [2.75, 3.05) is 25.0 Å². The maximum atomic E-state index is 12.7. The van der Waals surface area contributed by atoms with Crippen LogP contribution in [0.3, 0.4) is 0 Å². The van der Waals surface area contributed by atoms with Crippen LogP contribution < -0.4 is 5.32 Å². The van der Waals surface area contributed by atoms with Gasteiger partial charge in [-0.1, -0.05) is 6.92 Å². The van der Waals surface area contributed by atoms with Gasteiger partial charge in [0.15, 0.2) is 0 Å². The molecule has 1 N–H and O–H groups in total. The molecule has 2 heterocycles. The molecule has 0 aromatic carbocycles. The van der Waals surface area contributed by atoms with Gasteiger partial charge in [0, 0.05) is 31.9 Å². The van der Waals surface area contributed by atoms with Crippen LogP contribution in [0.25, 0.3) is 0 Å². The lowest BCUT2D eigenvalue weighted by Crippen LogP contribution is -2.48. The van der Waals surface area contributed by atoms with E-state index in [4.69, 9.17) is 4.74 Å². The minimum atomic E-state index is -3.50. The molecule has 2 rings (SSSR count). The summed E-state index contributed by atoms with van der Waals surface area (Å²) in [5, 5.41) is 3.11. The molecule has 0 amide bonds. The Balaban J connectivity index is 2.22. The van der Waals surface area contributed by atoms with E-state index < -0.39 is 10.0 Å². The first-order chi connectivity index (χ1) is 9.93. The van der Waals surface area contributed by atoms with E-state index in [-0.39, 0.29) is 17.1 Å². The van der Waals surface area contributed by atoms with Crippen molar-refractivity contribution in [1.29, 1.82) is 0 Å². The number of hydrogen-bond acceptors (Lipinski definition) is 5. The van der Waals surface area contributed by atoms with Crippen molar-refractivity contribution >= 4 is 15.8 Å². The number of ether oxygens (including phenoxy) is 1. The molecule has 0 unspecified atom stereocenters. The molecule has 0 aliphatic carbocycles. The Morgan fingerprint density at radius 3 is 2.67 bits per heavy atom. The monoisotopic (exact) mass is 313 g/mol. The molecular weight excluding hydrogens is 290 g/mol. The van der Waals surface area contributed by atoms with Gasteiger partial charge in [-0.2, -0.15) is 4.31 Å². The van der Waals surface area contributed by atoms with E-state index in [1.807, 2.05) is 20.8 Å². The second-order valence-electron chi connectivity index (χ2n) is 5.38. The molecule has 1 aromatic rings. The molecule has 118 valence electrons. The molecule has 7 heteroatoms. The van der Waals surface area contributed by atoms with Gasteiger partial charge >= 0.3 is 0 Å². The third-order valence-electron chi connectivity index (χ3n) is 3.31. The molecule has 0 saturated carbocycles. The fourth-order valence-corrected chi connectivity index (χ4v) is 4.00. The van der Waals surface area contributed by atoms with Gasteiger partial charge < -0.3 is 10.1 Å². The maximum Gasteiger partial charge on any atom is 0.243 e. The van der Waals surface area contributed by atoms with Crippen molar-refractivity contribution < 1.29 is 13.2 Å². The molecule has 1 aliphatic heterocycles. The van der Waals surface area contributed by atoms with Crippen LogP contribution >= 0.6 is 0 Å². The first-order valence-electron chi connectivity index (χ1n) is 7.29. The minimum Gasteiger partial charge on any atom is -0.373 e. The van der Waals surface area contributed by atoms with E-state index in [0.717, 1.165) is 13.0 Å². The Hall–Kier alpha value is -1.18. The topological polar surface area (TPSA) is 71.5 Å². The van der Waals surface area contributed by atoms with E-state index in [1.165, 1.54) is 16.6 Å². The molecule has 0 radical (unpaired) electrons. The average molecular weight is 313 g/mol. The summed E-state index contributed by atoms with van der Waals surface area (Å²) < 4.78 is 32.5. The van der Waals surface area contributed by atoms with Crippen LogP contribution in [0.4, 0.5) is 5.82 Å². The maximum absolute atomic E-state index is 12.7. The third kappa shape index (κ3) is 3.93. The highest BCUT2D eigenvalue weighted by Gasteiger charge is 2.32. The Bertz CT molecular complexity index is 567. The van der Waals surface area contributed by atoms with Gasteiger partial charge in [0.25, 0.3) is 0 Å². The fraction of sp³-hybridized carbons (Fsp3) is 0.643. The van der Waals surface area contributed by atoms with Crippen LogP contribution in [0.2, 0.25) is 0 Å². The van der Waals surface area contributed by atoms with Crippen molar-refractivity contribution in [1.82, 2.24) is 9.29 Å². The second-order valence-corrected chi connectivity index (χ2v) is 7.32. The summed E-state index contributed by atoms with van der Waals surface area (Å²) in [6.07, 6.45) is 2.29. The Morgan fingerprint density at radius 2 is 2.05 bits per heavy atom. The Labute approximate surface area is 126 Å². The van der Waals surface area contributed by atoms with Crippen LogP contribution in [0.5, 0.6) is 0 Å². The Kier molecular flexibility index (Phi) is 5.18. The number of nitrogens with zero attached hydrogens (tertiary/aromatic N) is 2. The van der Waals surface area contributed by atoms with Crippen molar-refractivity contribution in [2.24, 2.45) is 0 Å². The molecule has 6 nitrogen and oxygen atoms in total. The summed E-state index contributed by atoms with van der Waals surface area (Å²) in [7, 11) is -3.50. The zero-order valence-electron chi connectivity index (χ0n) is 12.7. The summed E-state index contributed by atoms with van der Waals surface area (Å²) >= 11 is 0. The molecule has 1 aliphatic rings. The highest BCUT2D eigenvalue weighted by atomic mass is 32.2. The number of pyridine rings is 1. The predicted octanol–water partition coefficient (Wildman–Crippen LogP) is 1.70. The molecular formula is C14H23N3O3S. The lowest BCUT2D eigenvalue weighted by molar-refractivity contribution is -0.0440. The molecule has 0 spiro atoms.